The number of aliphatic carboxylic acids is 1. The van der Waals surface area contributed by atoms with E-state index in [0.717, 1.165) is 12.1 Å². The summed E-state index contributed by atoms with van der Waals surface area (Å²) >= 11 is 0. The van der Waals surface area contributed by atoms with Gasteiger partial charge in [0.2, 0.25) is 5.91 Å². The van der Waals surface area contributed by atoms with Crippen molar-refractivity contribution in [3.8, 4) is 0 Å². The molecule has 8 heteroatoms. The van der Waals surface area contributed by atoms with E-state index in [2.05, 4.69) is 0 Å². The molecule has 1 aromatic rings. The molecule has 1 aromatic carbocycles. The monoisotopic (exact) mass is 345 g/mol. The molecule has 0 radical (unpaired) electrons. The standard InChI is InChI=1S/C16H18F3NO4/c1-10(7-11-3-2-4-12(8-11)16(17,18)19)14(21)20-5-6-24-13(9-20)15(22)23/h2-4,8,10,13H,5-7,9H2,1H3,(H,22,23)/t10-,13-/m0/s1. The third-order valence-electron chi connectivity index (χ3n) is 3.87. The molecule has 1 aliphatic heterocycles. The number of carbonyl (C=O) groups is 2. The maximum Gasteiger partial charge on any atom is 0.416 e. The summed E-state index contributed by atoms with van der Waals surface area (Å²) in [4.78, 5) is 24.7. The zero-order valence-electron chi connectivity index (χ0n) is 13.0. The van der Waals surface area contributed by atoms with Gasteiger partial charge in [0.15, 0.2) is 6.10 Å². The van der Waals surface area contributed by atoms with Gasteiger partial charge in [0.25, 0.3) is 0 Å². The number of morpholine rings is 1. The van der Waals surface area contributed by atoms with E-state index < -0.39 is 29.7 Å². The molecule has 24 heavy (non-hydrogen) atoms. The van der Waals surface area contributed by atoms with Gasteiger partial charge in [-0.05, 0) is 18.1 Å². The highest BCUT2D eigenvalue weighted by Gasteiger charge is 2.32. The van der Waals surface area contributed by atoms with Crippen LogP contribution in [0.1, 0.15) is 18.1 Å². The number of carboxylic acids is 1. The van der Waals surface area contributed by atoms with Gasteiger partial charge in [-0.3, -0.25) is 4.79 Å². The van der Waals surface area contributed by atoms with Crippen LogP contribution in [0.4, 0.5) is 13.2 Å². The molecular weight excluding hydrogens is 327 g/mol. The number of ether oxygens (including phenoxy) is 1. The summed E-state index contributed by atoms with van der Waals surface area (Å²) in [5.41, 5.74) is -0.342. The van der Waals surface area contributed by atoms with E-state index in [1.165, 1.54) is 11.0 Å². The SMILES string of the molecule is C[C@@H](Cc1cccc(C(F)(F)F)c1)C(=O)N1CCO[C@H](C(=O)O)C1. The third kappa shape index (κ3) is 4.47. The zero-order valence-corrected chi connectivity index (χ0v) is 13.0. The second-order valence-electron chi connectivity index (χ2n) is 5.79. The molecule has 1 heterocycles. The highest BCUT2D eigenvalue weighted by Crippen LogP contribution is 2.30. The van der Waals surface area contributed by atoms with Crippen molar-refractivity contribution in [3.05, 3.63) is 35.4 Å². The van der Waals surface area contributed by atoms with Crippen molar-refractivity contribution >= 4 is 11.9 Å². The van der Waals surface area contributed by atoms with E-state index >= 15 is 0 Å². The Bertz CT molecular complexity index is 618. The first-order chi connectivity index (χ1) is 11.2. The number of halogens is 3. The number of carboxylic acid groups (broad SMARTS) is 1. The van der Waals surface area contributed by atoms with Gasteiger partial charge in [-0.2, -0.15) is 13.2 Å². The fourth-order valence-corrected chi connectivity index (χ4v) is 2.63. The van der Waals surface area contributed by atoms with Crippen molar-refractivity contribution in [1.29, 1.82) is 0 Å². The fraction of sp³-hybridized carbons (Fsp3) is 0.500. The molecule has 5 nitrogen and oxygen atoms in total. The van der Waals surface area contributed by atoms with Gasteiger partial charge in [-0.15, -0.1) is 0 Å². The Labute approximate surface area is 137 Å². The molecule has 0 spiro atoms. The van der Waals surface area contributed by atoms with Crippen molar-refractivity contribution in [2.45, 2.75) is 25.6 Å². The summed E-state index contributed by atoms with van der Waals surface area (Å²) in [6.45, 7) is 1.96. The number of carbonyl (C=O) groups excluding carboxylic acids is 1. The van der Waals surface area contributed by atoms with Gasteiger partial charge in [0.05, 0.1) is 18.7 Å². The number of alkyl halides is 3. The highest BCUT2D eigenvalue weighted by molar-refractivity contribution is 5.80. The Morgan fingerprint density at radius 3 is 2.75 bits per heavy atom. The van der Waals surface area contributed by atoms with Crippen LogP contribution in [0, 0.1) is 5.92 Å². The molecule has 1 N–H and O–H groups in total. The molecule has 1 aliphatic rings. The maximum absolute atomic E-state index is 12.7. The topological polar surface area (TPSA) is 66.8 Å². The Kier molecular flexibility index (Phi) is 5.48. The van der Waals surface area contributed by atoms with Crippen LogP contribution in [0.15, 0.2) is 24.3 Å². The van der Waals surface area contributed by atoms with E-state index in [9.17, 15) is 22.8 Å². The molecule has 0 unspecified atom stereocenters. The minimum absolute atomic E-state index is 0.0545. The third-order valence-corrected chi connectivity index (χ3v) is 3.87. The van der Waals surface area contributed by atoms with Gasteiger partial charge < -0.3 is 14.7 Å². The molecule has 1 saturated heterocycles. The van der Waals surface area contributed by atoms with Crippen LogP contribution in [-0.2, 0) is 26.9 Å². The highest BCUT2D eigenvalue weighted by atomic mass is 19.4. The first-order valence-electron chi connectivity index (χ1n) is 7.48. The maximum atomic E-state index is 12.7. The fourth-order valence-electron chi connectivity index (χ4n) is 2.63. The molecule has 132 valence electrons. The summed E-state index contributed by atoms with van der Waals surface area (Å²) in [5, 5.41) is 8.95. The van der Waals surface area contributed by atoms with Crippen molar-refractivity contribution in [3.63, 3.8) is 0 Å². The van der Waals surface area contributed by atoms with Crippen molar-refractivity contribution in [1.82, 2.24) is 4.90 Å². The normalized spacial score (nSPS) is 19.8. The molecule has 2 atom stereocenters. The summed E-state index contributed by atoms with van der Waals surface area (Å²) < 4.78 is 43.2. The number of nitrogens with zero attached hydrogens (tertiary/aromatic N) is 1. The molecule has 1 amide bonds. The Morgan fingerprint density at radius 2 is 2.12 bits per heavy atom. The molecule has 2 rings (SSSR count). The first-order valence-corrected chi connectivity index (χ1v) is 7.48. The summed E-state index contributed by atoms with van der Waals surface area (Å²) in [6.07, 6.45) is -5.34. The first kappa shape index (κ1) is 18.3. The summed E-state index contributed by atoms with van der Waals surface area (Å²) in [7, 11) is 0. The average Bonchev–Trinajstić information content (AvgIpc) is 2.53. The second-order valence-corrected chi connectivity index (χ2v) is 5.79. The van der Waals surface area contributed by atoms with Crippen LogP contribution in [0.2, 0.25) is 0 Å². The quantitative estimate of drug-likeness (QED) is 0.908. The number of hydrogen-bond donors (Lipinski definition) is 1. The van der Waals surface area contributed by atoms with Gasteiger partial charge >= 0.3 is 12.1 Å². The lowest BCUT2D eigenvalue weighted by molar-refractivity contribution is -0.160. The Hall–Kier alpha value is -2.09. The summed E-state index contributed by atoms with van der Waals surface area (Å²) in [6, 6.07) is 4.86. The van der Waals surface area contributed by atoms with Crippen LogP contribution >= 0.6 is 0 Å². The molecule has 0 bridgehead atoms. The van der Waals surface area contributed by atoms with Gasteiger partial charge in [0.1, 0.15) is 0 Å². The Morgan fingerprint density at radius 1 is 1.42 bits per heavy atom. The van der Waals surface area contributed by atoms with Gasteiger partial charge in [-0.1, -0.05) is 25.1 Å². The lowest BCUT2D eigenvalue weighted by Gasteiger charge is -2.32. The predicted octanol–water partition coefficient (Wildman–Crippen LogP) is 2.20. The van der Waals surface area contributed by atoms with Gasteiger partial charge in [-0.25, -0.2) is 4.79 Å². The molecular formula is C16H18F3NO4. The number of hydrogen-bond acceptors (Lipinski definition) is 3. The lowest BCUT2D eigenvalue weighted by atomic mass is 9.98. The van der Waals surface area contributed by atoms with Gasteiger partial charge in [0, 0.05) is 12.5 Å². The smallest absolute Gasteiger partial charge is 0.416 e. The van der Waals surface area contributed by atoms with E-state index in [1.54, 1.807) is 13.0 Å². The van der Waals surface area contributed by atoms with Crippen LogP contribution in [0.3, 0.4) is 0 Å². The van der Waals surface area contributed by atoms with E-state index in [0.29, 0.717) is 5.56 Å². The lowest BCUT2D eigenvalue weighted by Crippen LogP contribution is -2.50. The second kappa shape index (κ2) is 7.21. The van der Waals surface area contributed by atoms with Crippen LogP contribution < -0.4 is 0 Å². The van der Waals surface area contributed by atoms with Crippen LogP contribution in [0.25, 0.3) is 0 Å². The van der Waals surface area contributed by atoms with Crippen LogP contribution in [0.5, 0.6) is 0 Å². The molecule has 0 aliphatic carbocycles. The number of benzene rings is 1. The molecule has 1 fully saturated rings. The number of amides is 1. The van der Waals surface area contributed by atoms with Crippen molar-refractivity contribution in [2.75, 3.05) is 19.7 Å². The minimum atomic E-state index is -4.43. The van der Waals surface area contributed by atoms with Crippen molar-refractivity contribution < 1.29 is 32.6 Å². The molecule has 0 saturated carbocycles. The van der Waals surface area contributed by atoms with Crippen molar-refractivity contribution in [2.24, 2.45) is 5.92 Å². The van der Waals surface area contributed by atoms with E-state index in [1.807, 2.05) is 0 Å². The predicted molar refractivity (Wildman–Crippen MR) is 78.3 cm³/mol. The van der Waals surface area contributed by atoms with Crippen LogP contribution in [-0.4, -0.2) is 47.7 Å². The average molecular weight is 345 g/mol. The minimum Gasteiger partial charge on any atom is -0.479 e. The van der Waals surface area contributed by atoms with E-state index in [-0.39, 0.29) is 32.0 Å². The summed E-state index contributed by atoms with van der Waals surface area (Å²) in [5.74, 6) is -1.99. The number of rotatable bonds is 4. The molecule has 0 aromatic heterocycles. The zero-order chi connectivity index (χ0) is 17.9. The Balaban J connectivity index is 2.02. The van der Waals surface area contributed by atoms with E-state index in [4.69, 9.17) is 9.84 Å². The largest absolute Gasteiger partial charge is 0.479 e.